The number of sulfonamides is 1. The molecule has 0 bridgehead atoms. The number of nitrogens with one attached hydrogen (secondary N) is 1. The van der Waals surface area contributed by atoms with Crippen LogP contribution in [-0.4, -0.2) is 46.2 Å². The van der Waals surface area contributed by atoms with Crippen LogP contribution in [0.2, 0.25) is 0 Å². The smallest absolute Gasteiger partial charge is 0.350 e. The van der Waals surface area contributed by atoms with Crippen LogP contribution < -0.4 is 5.32 Å². The molecule has 38 heavy (non-hydrogen) atoms. The summed E-state index contributed by atoms with van der Waals surface area (Å²) in [6.07, 6.45) is -0.342. The third kappa shape index (κ3) is 5.55. The minimum atomic E-state index is -4.73. The van der Waals surface area contributed by atoms with Crippen LogP contribution in [0.15, 0.2) is 66.5 Å². The van der Waals surface area contributed by atoms with Gasteiger partial charge in [-0.05, 0) is 36.8 Å². The molecular weight excluding hydrogens is 533 g/mol. The number of hydrogen-bond acceptors (Lipinski definition) is 6. The van der Waals surface area contributed by atoms with Crippen molar-refractivity contribution in [1.29, 1.82) is 0 Å². The summed E-state index contributed by atoms with van der Waals surface area (Å²) in [5.41, 5.74) is 0.101. The molecule has 3 aromatic rings. The van der Waals surface area contributed by atoms with Gasteiger partial charge in [0.25, 0.3) is 0 Å². The summed E-state index contributed by atoms with van der Waals surface area (Å²) < 4.78 is 93.2. The molecule has 1 aliphatic rings. The number of pyridine rings is 1. The summed E-state index contributed by atoms with van der Waals surface area (Å²) in [6, 6.07) is 4.21. The quantitative estimate of drug-likeness (QED) is 0.353. The summed E-state index contributed by atoms with van der Waals surface area (Å²) in [7, 11) is -4.16. The second-order valence-corrected chi connectivity index (χ2v) is 10.3. The van der Waals surface area contributed by atoms with Gasteiger partial charge >= 0.3 is 6.18 Å². The van der Waals surface area contributed by atoms with Crippen molar-refractivity contribution in [2.75, 3.05) is 6.54 Å². The molecule has 14 heteroatoms. The molecule has 1 saturated heterocycles. The van der Waals surface area contributed by atoms with Gasteiger partial charge in [-0.2, -0.15) is 17.5 Å². The van der Waals surface area contributed by atoms with Crippen molar-refractivity contribution in [3.05, 3.63) is 84.6 Å². The van der Waals surface area contributed by atoms with E-state index in [4.69, 9.17) is 0 Å². The molecule has 200 valence electrons. The Kier molecular flexibility index (Phi) is 7.56. The topological polar surface area (TPSA) is 105 Å². The first-order valence-corrected chi connectivity index (χ1v) is 12.6. The first-order valence-electron chi connectivity index (χ1n) is 11.1. The second-order valence-electron chi connectivity index (χ2n) is 8.37. The largest absolute Gasteiger partial charge is 0.451 e. The number of hydrogen-bond donors (Lipinski definition) is 1. The highest BCUT2D eigenvalue weighted by Crippen LogP contribution is 2.32. The Morgan fingerprint density at radius 3 is 2.37 bits per heavy atom. The van der Waals surface area contributed by atoms with Gasteiger partial charge in [0.2, 0.25) is 21.8 Å². The Hall–Kier alpha value is -3.78. The van der Waals surface area contributed by atoms with E-state index in [1.165, 1.54) is 12.1 Å². The van der Waals surface area contributed by atoms with E-state index in [9.17, 15) is 35.2 Å². The van der Waals surface area contributed by atoms with Crippen LogP contribution in [0.4, 0.5) is 22.0 Å². The van der Waals surface area contributed by atoms with E-state index in [0.717, 1.165) is 47.2 Å². The van der Waals surface area contributed by atoms with Gasteiger partial charge in [-0.1, -0.05) is 6.08 Å². The molecule has 3 heterocycles. The van der Waals surface area contributed by atoms with Gasteiger partial charge < -0.3 is 5.32 Å². The van der Waals surface area contributed by atoms with Crippen LogP contribution in [0.3, 0.4) is 0 Å². The minimum absolute atomic E-state index is 0.0101. The first kappa shape index (κ1) is 27.3. The molecule has 2 atom stereocenters. The maximum absolute atomic E-state index is 14.4. The number of carbonyl (C=O) groups is 1. The fourth-order valence-electron chi connectivity index (χ4n) is 4.04. The predicted molar refractivity (Wildman–Crippen MR) is 124 cm³/mol. The van der Waals surface area contributed by atoms with E-state index in [-0.39, 0.29) is 34.8 Å². The van der Waals surface area contributed by atoms with Crippen LogP contribution >= 0.6 is 0 Å². The van der Waals surface area contributed by atoms with Gasteiger partial charge in [-0.3, -0.25) is 9.78 Å². The lowest BCUT2D eigenvalue weighted by atomic mass is 10.0. The van der Waals surface area contributed by atoms with Gasteiger partial charge in [-0.15, -0.1) is 6.58 Å². The summed E-state index contributed by atoms with van der Waals surface area (Å²) in [4.78, 5) is 23.3. The van der Waals surface area contributed by atoms with Gasteiger partial charge in [0.15, 0.2) is 0 Å². The molecule has 1 fully saturated rings. The molecule has 1 aromatic carbocycles. The molecular formula is C24H20F5N5O3S. The van der Waals surface area contributed by atoms with E-state index in [1.54, 1.807) is 0 Å². The Morgan fingerprint density at radius 1 is 1.11 bits per heavy atom. The SMILES string of the molecule is C=C[C@H]1CCN(S(=O)(=O)c2ccc(F)cc2)[C@@H]1C(=O)NCc1cc(-c2cnc(C(F)(F)F)nc2)ncc1F. The number of benzene rings is 1. The van der Waals surface area contributed by atoms with Gasteiger partial charge in [0.1, 0.15) is 17.7 Å². The van der Waals surface area contributed by atoms with Crippen molar-refractivity contribution in [3.63, 3.8) is 0 Å². The number of nitrogens with zero attached hydrogens (tertiary/aromatic N) is 4. The fourth-order valence-corrected chi connectivity index (χ4v) is 5.69. The molecule has 1 amide bonds. The molecule has 0 saturated carbocycles. The van der Waals surface area contributed by atoms with Crippen molar-refractivity contribution >= 4 is 15.9 Å². The molecule has 1 aliphatic heterocycles. The standard InChI is InChI=1S/C24H20F5N5O3S/c1-2-14-7-8-34(38(36,37)18-5-3-17(25)4-6-18)21(14)22(35)31-10-15-9-20(30-13-19(15)26)16-11-32-23(33-12-16)24(27,28)29/h2-6,9,11-14,21H,1,7-8,10H2,(H,31,35)/t14-,21-/m0/s1. The van der Waals surface area contributed by atoms with Crippen LogP contribution in [0.5, 0.6) is 0 Å². The van der Waals surface area contributed by atoms with Crippen molar-refractivity contribution in [2.24, 2.45) is 5.92 Å². The minimum Gasteiger partial charge on any atom is -0.350 e. The Morgan fingerprint density at radius 2 is 1.76 bits per heavy atom. The van der Waals surface area contributed by atoms with Crippen molar-refractivity contribution in [2.45, 2.75) is 30.1 Å². The highest BCUT2D eigenvalue weighted by atomic mass is 32.2. The highest BCUT2D eigenvalue weighted by molar-refractivity contribution is 7.89. The van der Waals surface area contributed by atoms with Crippen LogP contribution in [0.25, 0.3) is 11.3 Å². The van der Waals surface area contributed by atoms with Crippen molar-refractivity contribution in [1.82, 2.24) is 24.6 Å². The van der Waals surface area contributed by atoms with Gasteiger partial charge in [0.05, 0.1) is 16.8 Å². The van der Waals surface area contributed by atoms with Crippen LogP contribution in [0, 0.1) is 17.6 Å². The zero-order valence-corrected chi connectivity index (χ0v) is 20.3. The highest BCUT2D eigenvalue weighted by Gasteiger charge is 2.44. The Labute approximate surface area is 214 Å². The van der Waals surface area contributed by atoms with Crippen molar-refractivity contribution in [3.8, 4) is 11.3 Å². The summed E-state index contributed by atoms with van der Waals surface area (Å²) >= 11 is 0. The lowest BCUT2D eigenvalue weighted by Gasteiger charge is -2.26. The lowest BCUT2D eigenvalue weighted by molar-refractivity contribution is -0.145. The third-order valence-electron chi connectivity index (χ3n) is 5.98. The zero-order chi connectivity index (χ0) is 27.7. The molecule has 0 unspecified atom stereocenters. The fraction of sp³-hybridized carbons (Fsp3) is 0.250. The number of amides is 1. The summed E-state index contributed by atoms with van der Waals surface area (Å²) in [5, 5.41) is 2.52. The molecule has 2 aromatic heterocycles. The average Bonchev–Trinajstić information content (AvgIpc) is 3.33. The lowest BCUT2D eigenvalue weighted by Crippen LogP contribution is -2.48. The van der Waals surface area contributed by atoms with Crippen LogP contribution in [0.1, 0.15) is 17.8 Å². The molecule has 4 rings (SSSR count). The number of alkyl halides is 3. The maximum Gasteiger partial charge on any atom is 0.451 e. The van der Waals surface area contributed by atoms with E-state index in [0.29, 0.717) is 6.42 Å². The normalized spacial score (nSPS) is 18.3. The van der Waals surface area contributed by atoms with Crippen LogP contribution in [-0.2, 0) is 27.5 Å². The molecule has 0 aliphatic carbocycles. The predicted octanol–water partition coefficient (Wildman–Crippen LogP) is 3.72. The monoisotopic (exact) mass is 553 g/mol. The maximum atomic E-state index is 14.4. The second kappa shape index (κ2) is 10.5. The van der Waals surface area contributed by atoms with E-state index in [1.807, 2.05) is 0 Å². The number of rotatable bonds is 7. The molecule has 1 N–H and O–H groups in total. The number of aromatic nitrogens is 3. The molecule has 0 spiro atoms. The van der Waals surface area contributed by atoms with Gasteiger partial charge in [-0.25, -0.2) is 27.2 Å². The van der Waals surface area contributed by atoms with Gasteiger partial charge in [0, 0.05) is 42.5 Å². The average molecular weight is 554 g/mol. The zero-order valence-electron chi connectivity index (χ0n) is 19.5. The van der Waals surface area contributed by atoms with E-state index < -0.39 is 51.5 Å². The molecule has 0 radical (unpaired) electrons. The Bertz CT molecular complexity index is 1450. The molecule has 8 nitrogen and oxygen atoms in total. The number of carbonyl (C=O) groups excluding carboxylic acids is 1. The Balaban J connectivity index is 1.53. The van der Waals surface area contributed by atoms with E-state index in [2.05, 4.69) is 26.8 Å². The summed E-state index contributed by atoms with van der Waals surface area (Å²) in [5.74, 6) is -4.01. The van der Waals surface area contributed by atoms with E-state index >= 15 is 0 Å². The first-order chi connectivity index (χ1) is 17.9. The third-order valence-corrected chi connectivity index (χ3v) is 7.87. The van der Waals surface area contributed by atoms with Crippen molar-refractivity contribution < 1.29 is 35.2 Å². The number of halogens is 5. The summed E-state index contributed by atoms with van der Waals surface area (Å²) in [6.45, 7) is 3.31.